The summed E-state index contributed by atoms with van der Waals surface area (Å²) in [6.45, 7) is 10.3. The first-order valence-corrected chi connectivity index (χ1v) is 12.5. The van der Waals surface area contributed by atoms with Crippen LogP contribution in [0.15, 0.2) is 72.8 Å². The summed E-state index contributed by atoms with van der Waals surface area (Å²) in [5, 5.41) is 0. The molecule has 1 fully saturated rings. The molecule has 2 heterocycles. The van der Waals surface area contributed by atoms with Gasteiger partial charge in [-0.15, -0.1) is 0 Å². The first-order valence-electron chi connectivity index (χ1n) is 12.5. The van der Waals surface area contributed by atoms with Crippen molar-refractivity contribution in [3.63, 3.8) is 0 Å². The second kappa shape index (κ2) is 11.2. The number of nitrogens with zero attached hydrogens (tertiary/aromatic N) is 2. The fourth-order valence-corrected chi connectivity index (χ4v) is 4.34. The Kier molecular flexibility index (Phi) is 8.07. The normalized spacial score (nSPS) is 17.7. The van der Waals surface area contributed by atoms with Crippen LogP contribution in [0.25, 0.3) is 0 Å². The van der Waals surface area contributed by atoms with Crippen molar-refractivity contribution in [3.8, 4) is 0 Å². The van der Waals surface area contributed by atoms with E-state index in [9.17, 15) is 4.79 Å². The highest BCUT2D eigenvalue weighted by Gasteiger charge is 2.35. The summed E-state index contributed by atoms with van der Waals surface area (Å²) in [6.07, 6.45) is 0.484. The second-order valence-corrected chi connectivity index (χ2v) is 10.6. The van der Waals surface area contributed by atoms with Gasteiger partial charge in [0, 0.05) is 12.0 Å². The van der Waals surface area contributed by atoms with Crippen LogP contribution in [0.1, 0.15) is 56.5 Å². The van der Waals surface area contributed by atoms with Gasteiger partial charge in [0.2, 0.25) is 0 Å². The molecule has 1 amide bonds. The number of carbonyl (C=O) groups excluding carboxylic acids is 1. The fraction of sp³-hybridized carbons (Fsp3) is 0.400. The predicted molar refractivity (Wildman–Crippen MR) is 141 cm³/mol. The van der Waals surface area contributed by atoms with Crippen molar-refractivity contribution >= 4 is 11.9 Å². The van der Waals surface area contributed by atoms with Crippen LogP contribution in [-0.4, -0.2) is 29.9 Å². The van der Waals surface area contributed by atoms with Crippen molar-refractivity contribution in [2.24, 2.45) is 0 Å². The van der Waals surface area contributed by atoms with Crippen molar-refractivity contribution in [2.45, 2.75) is 64.9 Å². The Morgan fingerprint density at radius 2 is 1.64 bits per heavy atom. The largest absolute Gasteiger partial charge is 0.443 e. The Hall–Kier alpha value is -3.22. The summed E-state index contributed by atoms with van der Waals surface area (Å²) >= 11 is 0. The molecule has 0 saturated carbocycles. The number of carbonyl (C=O) groups is 1. The zero-order chi connectivity index (χ0) is 25.6. The number of ether oxygens (including phenoxy) is 3. The van der Waals surface area contributed by atoms with Gasteiger partial charge in [0.25, 0.3) is 0 Å². The topological polar surface area (TPSA) is 60.9 Å². The molecule has 36 heavy (non-hydrogen) atoms. The van der Waals surface area contributed by atoms with Crippen LogP contribution in [0.3, 0.4) is 0 Å². The Morgan fingerprint density at radius 1 is 0.972 bits per heavy atom. The molecule has 1 aliphatic heterocycles. The summed E-state index contributed by atoms with van der Waals surface area (Å²) in [4.78, 5) is 19.9. The number of amides is 1. The molecule has 6 nitrogen and oxygen atoms in total. The van der Waals surface area contributed by atoms with E-state index in [2.05, 4.69) is 13.0 Å². The lowest BCUT2D eigenvalue weighted by Gasteiger charge is -2.29. The third-order valence-electron chi connectivity index (χ3n) is 6.25. The van der Waals surface area contributed by atoms with E-state index in [1.54, 1.807) is 4.90 Å². The van der Waals surface area contributed by atoms with Crippen molar-refractivity contribution in [1.29, 1.82) is 0 Å². The third kappa shape index (κ3) is 6.71. The van der Waals surface area contributed by atoms with Crippen molar-refractivity contribution in [1.82, 2.24) is 4.98 Å². The SMILES string of the molecule is CC(C)(C)OC(=O)N(Cc1ccccc1)c1ccc(C2(C)CCOC2)c(COCc2ccccc2)n1. The summed E-state index contributed by atoms with van der Waals surface area (Å²) in [6, 6.07) is 23.9. The van der Waals surface area contributed by atoms with E-state index in [1.165, 1.54) is 0 Å². The Labute approximate surface area is 214 Å². The van der Waals surface area contributed by atoms with E-state index in [0.717, 1.165) is 35.4 Å². The Morgan fingerprint density at radius 3 is 2.25 bits per heavy atom. The zero-order valence-corrected chi connectivity index (χ0v) is 21.7. The van der Waals surface area contributed by atoms with Crippen LogP contribution in [-0.2, 0) is 39.4 Å². The monoisotopic (exact) mass is 488 g/mol. The van der Waals surface area contributed by atoms with E-state index >= 15 is 0 Å². The van der Waals surface area contributed by atoms with Gasteiger partial charge in [-0.05, 0) is 49.9 Å². The average molecular weight is 489 g/mol. The van der Waals surface area contributed by atoms with Gasteiger partial charge in [-0.3, -0.25) is 4.90 Å². The summed E-state index contributed by atoms with van der Waals surface area (Å²) in [5.74, 6) is 0.540. The second-order valence-electron chi connectivity index (χ2n) is 10.6. The van der Waals surface area contributed by atoms with Crippen molar-refractivity contribution < 1.29 is 19.0 Å². The van der Waals surface area contributed by atoms with Crippen molar-refractivity contribution in [3.05, 3.63) is 95.2 Å². The zero-order valence-electron chi connectivity index (χ0n) is 21.7. The first kappa shape index (κ1) is 25.9. The van der Waals surface area contributed by atoms with Crippen LogP contribution in [0.5, 0.6) is 0 Å². The number of anilines is 1. The minimum atomic E-state index is -0.623. The molecule has 1 aromatic heterocycles. The summed E-state index contributed by atoms with van der Waals surface area (Å²) in [7, 11) is 0. The lowest BCUT2D eigenvalue weighted by Crippen LogP contribution is -2.37. The van der Waals surface area contributed by atoms with E-state index in [-0.39, 0.29) is 5.41 Å². The maximum atomic E-state index is 13.3. The molecule has 0 spiro atoms. The highest BCUT2D eigenvalue weighted by molar-refractivity contribution is 5.86. The van der Waals surface area contributed by atoms with Gasteiger partial charge in [0.1, 0.15) is 11.4 Å². The molecular formula is C30H36N2O4. The lowest BCUT2D eigenvalue weighted by molar-refractivity contribution is 0.0575. The molecule has 4 rings (SSSR count). The minimum absolute atomic E-state index is 0.146. The summed E-state index contributed by atoms with van der Waals surface area (Å²) < 4.78 is 17.6. The maximum Gasteiger partial charge on any atom is 0.416 e. The van der Waals surface area contributed by atoms with Gasteiger partial charge >= 0.3 is 6.09 Å². The fourth-order valence-electron chi connectivity index (χ4n) is 4.34. The number of pyridine rings is 1. The minimum Gasteiger partial charge on any atom is -0.443 e. The average Bonchev–Trinajstić information content (AvgIpc) is 3.30. The molecular weight excluding hydrogens is 452 g/mol. The number of aromatic nitrogens is 1. The Bertz CT molecular complexity index is 1140. The van der Waals surface area contributed by atoms with Gasteiger partial charge in [-0.25, -0.2) is 9.78 Å². The molecule has 6 heteroatoms. The molecule has 190 valence electrons. The molecule has 0 radical (unpaired) electrons. The highest BCUT2D eigenvalue weighted by atomic mass is 16.6. The van der Waals surface area contributed by atoms with Crippen LogP contribution < -0.4 is 4.90 Å². The number of hydrogen-bond acceptors (Lipinski definition) is 5. The van der Waals surface area contributed by atoms with E-state index in [0.29, 0.717) is 32.2 Å². The van der Waals surface area contributed by atoms with E-state index in [4.69, 9.17) is 19.2 Å². The van der Waals surface area contributed by atoms with Gasteiger partial charge in [0.05, 0.1) is 32.1 Å². The molecule has 0 aliphatic carbocycles. The highest BCUT2D eigenvalue weighted by Crippen LogP contribution is 2.36. The third-order valence-corrected chi connectivity index (χ3v) is 6.25. The molecule has 0 N–H and O–H groups in total. The smallest absolute Gasteiger partial charge is 0.416 e. The van der Waals surface area contributed by atoms with E-state index in [1.807, 2.05) is 87.5 Å². The van der Waals surface area contributed by atoms with Gasteiger partial charge in [0.15, 0.2) is 0 Å². The van der Waals surface area contributed by atoms with Crippen LogP contribution in [0.2, 0.25) is 0 Å². The number of rotatable bonds is 8. The van der Waals surface area contributed by atoms with Gasteiger partial charge < -0.3 is 14.2 Å². The number of hydrogen-bond donors (Lipinski definition) is 0. The van der Waals surface area contributed by atoms with Crippen molar-refractivity contribution in [2.75, 3.05) is 18.1 Å². The quantitative estimate of drug-likeness (QED) is 0.366. The molecule has 1 saturated heterocycles. The summed E-state index contributed by atoms with van der Waals surface area (Å²) in [5.41, 5.74) is 3.24. The molecule has 2 aromatic carbocycles. The van der Waals surface area contributed by atoms with Crippen LogP contribution in [0, 0.1) is 0 Å². The predicted octanol–water partition coefficient (Wildman–Crippen LogP) is 6.42. The standard InChI is InChI=1S/C30H36N2O4/c1-29(2,3)36-28(33)32(19-23-11-7-5-8-12-23)27-16-15-25(30(4)17-18-34-22-30)26(31-27)21-35-20-24-13-9-6-10-14-24/h5-16H,17-22H2,1-4H3. The van der Waals surface area contributed by atoms with Gasteiger partial charge in [-0.1, -0.05) is 73.7 Å². The van der Waals surface area contributed by atoms with Gasteiger partial charge in [-0.2, -0.15) is 0 Å². The molecule has 0 bridgehead atoms. The van der Waals surface area contributed by atoms with Crippen LogP contribution >= 0.6 is 0 Å². The lowest BCUT2D eigenvalue weighted by atomic mass is 9.81. The first-order chi connectivity index (χ1) is 17.2. The van der Waals surface area contributed by atoms with E-state index < -0.39 is 11.7 Å². The molecule has 1 atom stereocenters. The molecule has 1 aliphatic rings. The Balaban J connectivity index is 1.66. The number of benzene rings is 2. The molecule has 1 unspecified atom stereocenters. The maximum absolute atomic E-state index is 13.3. The van der Waals surface area contributed by atoms with Crippen LogP contribution in [0.4, 0.5) is 10.6 Å². The molecule has 3 aromatic rings.